The van der Waals surface area contributed by atoms with Crippen molar-refractivity contribution >= 4 is 35.0 Å². The van der Waals surface area contributed by atoms with Gasteiger partial charge in [-0.2, -0.15) is 0 Å². The van der Waals surface area contributed by atoms with Crippen molar-refractivity contribution in [2.75, 3.05) is 18.6 Å². The van der Waals surface area contributed by atoms with E-state index in [9.17, 15) is 4.79 Å². The van der Waals surface area contributed by atoms with Crippen LogP contribution in [0.1, 0.15) is 53.3 Å². The zero-order valence-corrected chi connectivity index (χ0v) is 20.8. The second-order valence-corrected chi connectivity index (χ2v) is 10.3. The molecule has 3 fully saturated rings. The van der Waals surface area contributed by atoms with Crippen molar-refractivity contribution in [1.29, 1.82) is 0 Å². The summed E-state index contributed by atoms with van der Waals surface area (Å²) < 4.78 is 17.0. The number of methoxy groups -OCH3 is 1. The molecule has 3 aliphatic rings. The zero-order chi connectivity index (χ0) is 24.1. The van der Waals surface area contributed by atoms with Crippen molar-refractivity contribution in [2.24, 2.45) is 5.92 Å². The lowest BCUT2D eigenvalue weighted by Gasteiger charge is -2.32. The first-order valence-corrected chi connectivity index (χ1v) is 12.6. The highest BCUT2D eigenvalue weighted by molar-refractivity contribution is 6.39. The molecule has 6 rings (SSSR count). The minimum Gasteiger partial charge on any atom is -0.465 e. The highest BCUT2D eigenvalue weighted by Crippen LogP contribution is 2.47. The molecule has 3 heterocycles. The Morgan fingerprint density at radius 2 is 1.97 bits per heavy atom. The first-order valence-electron chi connectivity index (χ1n) is 11.9. The Morgan fingerprint density at radius 3 is 2.60 bits per heavy atom. The maximum Gasteiger partial charge on any atom is 0.339 e. The molecule has 35 heavy (non-hydrogen) atoms. The van der Waals surface area contributed by atoms with E-state index in [0.717, 1.165) is 49.4 Å². The molecule has 182 valence electrons. The van der Waals surface area contributed by atoms with Gasteiger partial charge in [-0.3, -0.25) is 0 Å². The smallest absolute Gasteiger partial charge is 0.339 e. The van der Waals surface area contributed by atoms with Crippen LogP contribution in [0.25, 0.3) is 11.3 Å². The number of pyridine rings is 1. The topological polar surface area (TPSA) is 77.7 Å². The Morgan fingerprint density at radius 1 is 1.17 bits per heavy atom. The summed E-state index contributed by atoms with van der Waals surface area (Å²) in [6.07, 6.45) is 5.92. The number of fused-ring (bicyclic) bond motifs is 2. The van der Waals surface area contributed by atoms with Crippen molar-refractivity contribution in [3.63, 3.8) is 0 Å². The molecule has 0 spiro atoms. The fraction of sp³-hybridized carbons (Fsp3) is 0.423. The molecule has 0 N–H and O–H groups in total. The number of anilines is 1. The minimum atomic E-state index is -0.378. The van der Waals surface area contributed by atoms with Crippen molar-refractivity contribution in [2.45, 2.75) is 50.4 Å². The first kappa shape index (κ1) is 22.8. The number of benzene rings is 1. The van der Waals surface area contributed by atoms with E-state index in [-0.39, 0.29) is 12.1 Å². The normalized spacial score (nSPS) is 23.2. The van der Waals surface area contributed by atoms with E-state index in [4.69, 9.17) is 37.2 Å². The Labute approximate surface area is 213 Å². The van der Waals surface area contributed by atoms with Crippen molar-refractivity contribution in [3.8, 4) is 11.3 Å². The molecule has 9 heteroatoms. The summed E-state index contributed by atoms with van der Waals surface area (Å²) in [6, 6.07) is 9.47. The number of aromatic nitrogens is 2. The molecule has 1 aliphatic heterocycles. The van der Waals surface area contributed by atoms with Gasteiger partial charge in [-0.15, -0.1) is 0 Å². The number of esters is 1. The molecule has 2 aromatic heterocycles. The number of hydrogen-bond acceptors (Lipinski definition) is 7. The molecule has 1 saturated heterocycles. The van der Waals surface area contributed by atoms with Crippen LogP contribution in [0, 0.1) is 5.92 Å². The van der Waals surface area contributed by atoms with E-state index < -0.39 is 0 Å². The Hall–Kier alpha value is -2.61. The molecule has 1 aromatic carbocycles. The summed E-state index contributed by atoms with van der Waals surface area (Å²) in [5.74, 6) is 2.21. The third kappa shape index (κ3) is 4.20. The lowest BCUT2D eigenvalue weighted by Crippen LogP contribution is -2.39. The van der Waals surface area contributed by atoms with Gasteiger partial charge in [0.1, 0.15) is 17.3 Å². The lowest BCUT2D eigenvalue weighted by atomic mass is 10.0. The number of piperidine rings is 1. The number of halogens is 2. The van der Waals surface area contributed by atoms with E-state index in [0.29, 0.717) is 51.4 Å². The SMILES string of the molecule is COC(=O)c1ccc(N2C[C@@H]3C[C@H]2C[C@H]3OCc2c(-c3c(Cl)cccc3Cl)noc2C2CC2)nc1. The predicted molar refractivity (Wildman–Crippen MR) is 132 cm³/mol. The van der Waals surface area contributed by atoms with E-state index in [1.54, 1.807) is 12.3 Å². The highest BCUT2D eigenvalue weighted by atomic mass is 35.5. The van der Waals surface area contributed by atoms with Gasteiger partial charge in [0.05, 0.1) is 35.4 Å². The summed E-state index contributed by atoms with van der Waals surface area (Å²) in [6.45, 7) is 1.30. The standard InChI is InChI=1S/C26H25Cl2N3O4/c1-33-26(32)15-7-8-22(29-11-15)31-12-16-9-17(31)10-21(16)34-13-18-24(30-35-25(18)14-5-6-14)23-19(27)3-2-4-20(23)28/h2-4,7-8,11,14,16-17,21H,5-6,9-10,12-13H2,1H3/t16-,17-,21+/m0/s1. The van der Waals surface area contributed by atoms with Crippen LogP contribution in [-0.4, -0.2) is 41.9 Å². The van der Waals surface area contributed by atoms with Gasteiger partial charge in [0.15, 0.2) is 0 Å². The van der Waals surface area contributed by atoms with Gasteiger partial charge in [0.25, 0.3) is 0 Å². The number of rotatable bonds is 7. The monoisotopic (exact) mass is 513 g/mol. The van der Waals surface area contributed by atoms with Crippen LogP contribution in [0.5, 0.6) is 0 Å². The van der Waals surface area contributed by atoms with Crippen molar-refractivity contribution in [3.05, 3.63) is 63.5 Å². The third-order valence-electron chi connectivity index (χ3n) is 7.35. The number of nitrogens with zero attached hydrogens (tertiary/aromatic N) is 3. The third-order valence-corrected chi connectivity index (χ3v) is 7.98. The molecule has 3 aromatic rings. The molecule has 7 nitrogen and oxygen atoms in total. The molecule has 2 bridgehead atoms. The first-order chi connectivity index (χ1) is 17.0. The van der Waals surface area contributed by atoms with E-state index >= 15 is 0 Å². The summed E-state index contributed by atoms with van der Waals surface area (Å²) in [7, 11) is 1.37. The van der Waals surface area contributed by atoms with Crippen LogP contribution in [-0.2, 0) is 16.1 Å². The predicted octanol–water partition coefficient (Wildman–Crippen LogP) is 5.89. The summed E-state index contributed by atoms with van der Waals surface area (Å²) in [5, 5.41) is 5.47. The molecule has 0 amide bonds. The van der Waals surface area contributed by atoms with Crippen molar-refractivity contribution < 1.29 is 18.8 Å². The Bertz CT molecular complexity index is 1240. The van der Waals surface area contributed by atoms with Gasteiger partial charge < -0.3 is 18.9 Å². The maximum atomic E-state index is 11.7. The van der Waals surface area contributed by atoms with E-state index in [1.807, 2.05) is 24.3 Å². The zero-order valence-electron chi connectivity index (χ0n) is 19.2. The van der Waals surface area contributed by atoms with E-state index in [2.05, 4.69) is 15.0 Å². The average molecular weight is 514 g/mol. The van der Waals surface area contributed by atoms with Gasteiger partial charge in [-0.25, -0.2) is 9.78 Å². The largest absolute Gasteiger partial charge is 0.465 e. The van der Waals surface area contributed by atoms with Crippen LogP contribution >= 0.6 is 23.2 Å². The average Bonchev–Trinajstić information content (AvgIpc) is 3.32. The minimum absolute atomic E-state index is 0.155. The molecular formula is C26H25Cl2N3O4. The Balaban J connectivity index is 1.16. The second kappa shape index (κ2) is 9.12. The molecule has 2 saturated carbocycles. The van der Waals surface area contributed by atoms with Gasteiger partial charge >= 0.3 is 5.97 Å². The lowest BCUT2D eigenvalue weighted by molar-refractivity contribution is 0.0122. The van der Waals surface area contributed by atoms with Gasteiger partial charge in [0, 0.05) is 41.7 Å². The maximum absolute atomic E-state index is 11.7. The molecule has 0 radical (unpaired) electrons. The van der Waals surface area contributed by atoms with Crippen LogP contribution < -0.4 is 4.90 Å². The van der Waals surface area contributed by atoms with Gasteiger partial charge in [-0.1, -0.05) is 34.4 Å². The molecule has 2 aliphatic carbocycles. The van der Waals surface area contributed by atoms with Gasteiger partial charge in [-0.05, 0) is 49.9 Å². The number of hydrogen-bond donors (Lipinski definition) is 0. The van der Waals surface area contributed by atoms with Crippen LogP contribution in [0.15, 0.2) is 41.1 Å². The summed E-state index contributed by atoms with van der Waals surface area (Å²) >= 11 is 13.0. The van der Waals surface area contributed by atoms with Crippen molar-refractivity contribution in [1.82, 2.24) is 10.1 Å². The van der Waals surface area contributed by atoms with Crippen LogP contribution in [0.4, 0.5) is 5.82 Å². The fourth-order valence-electron chi connectivity index (χ4n) is 5.42. The number of carbonyl (C=O) groups is 1. The summed E-state index contributed by atoms with van der Waals surface area (Å²) in [5.41, 5.74) is 2.80. The Kier molecular flexibility index (Phi) is 5.95. The van der Waals surface area contributed by atoms with Crippen LogP contribution in [0.2, 0.25) is 10.0 Å². The number of ether oxygens (including phenoxy) is 2. The van der Waals surface area contributed by atoms with Gasteiger partial charge in [0.2, 0.25) is 0 Å². The van der Waals surface area contributed by atoms with Crippen LogP contribution in [0.3, 0.4) is 0 Å². The molecular weight excluding hydrogens is 489 g/mol. The molecule has 3 atom stereocenters. The summed E-state index contributed by atoms with van der Waals surface area (Å²) in [4.78, 5) is 18.5. The quantitative estimate of drug-likeness (QED) is 0.364. The number of carbonyl (C=O) groups excluding carboxylic acids is 1. The van der Waals surface area contributed by atoms with E-state index in [1.165, 1.54) is 7.11 Å². The fourth-order valence-corrected chi connectivity index (χ4v) is 6.00. The molecule has 0 unspecified atom stereocenters. The highest BCUT2D eigenvalue weighted by Gasteiger charge is 2.46. The second-order valence-electron chi connectivity index (χ2n) is 9.53.